The number of ether oxygens (including phenoxy) is 1. The Balaban J connectivity index is 2.02. The third-order valence-corrected chi connectivity index (χ3v) is 3.97. The van der Waals surface area contributed by atoms with E-state index in [0.717, 1.165) is 0 Å². The van der Waals surface area contributed by atoms with Crippen LogP contribution in [0.1, 0.15) is 16.8 Å². The Hall–Kier alpha value is -2.57. The number of halogens is 2. The van der Waals surface area contributed by atoms with Crippen molar-refractivity contribution in [1.29, 1.82) is 0 Å². The first kappa shape index (κ1) is 18.8. The number of carbonyl (C=O) groups excluding carboxylic acids is 3. The molecule has 2 N–H and O–H groups in total. The van der Waals surface area contributed by atoms with Crippen LogP contribution in [0.25, 0.3) is 0 Å². The zero-order chi connectivity index (χ0) is 18.4. The molecule has 130 valence electrons. The van der Waals surface area contributed by atoms with Gasteiger partial charge in [-0.1, -0.05) is 41.4 Å². The van der Waals surface area contributed by atoms with Crippen molar-refractivity contribution in [2.75, 3.05) is 17.7 Å². The third-order valence-electron chi connectivity index (χ3n) is 3.15. The highest BCUT2D eigenvalue weighted by Gasteiger charge is 2.16. The highest BCUT2D eigenvalue weighted by molar-refractivity contribution is 6.44. The molecule has 0 radical (unpaired) electrons. The second kappa shape index (κ2) is 8.50. The van der Waals surface area contributed by atoms with Gasteiger partial charge in [-0.15, -0.1) is 0 Å². The number of amides is 2. The average Bonchev–Trinajstić information content (AvgIpc) is 2.58. The molecule has 0 saturated heterocycles. The van der Waals surface area contributed by atoms with Gasteiger partial charge in [0.25, 0.3) is 0 Å². The van der Waals surface area contributed by atoms with E-state index >= 15 is 0 Å². The Bertz CT molecular complexity index is 824. The predicted octanol–water partition coefficient (Wildman–Crippen LogP) is 3.75. The molecule has 8 heteroatoms. The highest BCUT2D eigenvalue weighted by atomic mass is 35.5. The molecule has 2 rings (SSSR count). The van der Waals surface area contributed by atoms with Crippen molar-refractivity contribution in [2.24, 2.45) is 0 Å². The van der Waals surface area contributed by atoms with Gasteiger partial charge < -0.3 is 15.4 Å². The van der Waals surface area contributed by atoms with Crippen LogP contribution in [-0.4, -0.2) is 24.9 Å². The van der Waals surface area contributed by atoms with Crippen molar-refractivity contribution in [2.45, 2.75) is 6.42 Å². The van der Waals surface area contributed by atoms with Crippen LogP contribution in [0.3, 0.4) is 0 Å². The van der Waals surface area contributed by atoms with Gasteiger partial charge in [0.05, 0.1) is 34.1 Å². The van der Waals surface area contributed by atoms with Crippen molar-refractivity contribution < 1.29 is 19.1 Å². The smallest absolute Gasteiger partial charge is 0.339 e. The molecule has 0 aromatic heterocycles. The molecular weight excluding hydrogens is 367 g/mol. The van der Waals surface area contributed by atoms with Gasteiger partial charge in [-0.3, -0.25) is 9.59 Å². The Morgan fingerprint density at radius 2 is 1.52 bits per heavy atom. The number of para-hydroxylation sites is 1. The maximum absolute atomic E-state index is 12.0. The molecule has 2 aromatic rings. The van der Waals surface area contributed by atoms with E-state index in [9.17, 15) is 14.4 Å². The third kappa shape index (κ3) is 4.95. The Labute approximate surface area is 154 Å². The zero-order valence-electron chi connectivity index (χ0n) is 13.1. The molecule has 0 unspecified atom stereocenters. The van der Waals surface area contributed by atoms with E-state index < -0.39 is 24.2 Å². The summed E-state index contributed by atoms with van der Waals surface area (Å²) in [4.78, 5) is 35.7. The van der Waals surface area contributed by atoms with Gasteiger partial charge in [0.1, 0.15) is 6.42 Å². The second-order valence-corrected chi connectivity index (χ2v) is 5.70. The van der Waals surface area contributed by atoms with Crippen LogP contribution in [0.4, 0.5) is 11.4 Å². The van der Waals surface area contributed by atoms with Gasteiger partial charge >= 0.3 is 5.97 Å². The fourth-order valence-corrected chi connectivity index (χ4v) is 2.36. The normalized spacial score (nSPS) is 10.0. The number of nitrogens with one attached hydrogen (secondary N) is 2. The first-order valence-electron chi connectivity index (χ1n) is 7.13. The lowest BCUT2D eigenvalue weighted by molar-refractivity contribution is -0.123. The molecule has 0 spiro atoms. The first-order chi connectivity index (χ1) is 11.9. The summed E-state index contributed by atoms with van der Waals surface area (Å²) in [5.74, 6) is -1.75. The fourth-order valence-electron chi connectivity index (χ4n) is 2.02. The summed E-state index contributed by atoms with van der Waals surface area (Å²) in [6.45, 7) is 0. The van der Waals surface area contributed by atoms with Gasteiger partial charge in [-0.2, -0.15) is 0 Å². The molecule has 0 aliphatic heterocycles. The lowest BCUT2D eigenvalue weighted by Crippen LogP contribution is -2.22. The molecular formula is C17H14Cl2N2O4. The van der Waals surface area contributed by atoms with E-state index in [2.05, 4.69) is 15.4 Å². The average molecular weight is 381 g/mol. The standard InChI is InChI=1S/C17H14Cl2N2O4/c1-25-17(24)10-5-2-3-7-12(10)20-14(22)9-15(23)21-13-8-4-6-11(18)16(13)19/h2-8H,9H2,1H3,(H,20,22)(H,21,23). The first-order valence-corrected chi connectivity index (χ1v) is 7.89. The minimum absolute atomic E-state index is 0.189. The molecule has 6 nitrogen and oxygen atoms in total. The molecule has 25 heavy (non-hydrogen) atoms. The lowest BCUT2D eigenvalue weighted by atomic mass is 10.1. The van der Waals surface area contributed by atoms with Crippen molar-refractivity contribution in [3.05, 3.63) is 58.1 Å². The summed E-state index contributed by atoms with van der Waals surface area (Å²) >= 11 is 11.8. The van der Waals surface area contributed by atoms with E-state index in [4.69, 9.17) is 23.2 Å². The van der Waals surface area contributed by atoms with Crippen molar-refractivity contribution in [3.63, 3.8) is 0 Å². The topological polar surface area (TPSA) is 84.5 Å². The number of methoxy groups -OCH3 is 1. The van der Waals surface area contributed by atoms with Crippen LogP contribution in [-0.2, 0) is 14.3 Å². The van der Waals surface area contributed by atoms with Gasteiger partial charge in [-0.05, 0) is 24.3 Å². The van der Waals surface area contributed by atoms with Gasteiger partial charge in [0, 0.05) is 0 Å². The summed E-state index contributed by atoms with van der Waals surface area (Å²) < 4.78 is 4.65. The minimum Gasteiger partial charge on any atom is -0.465 e. The maximum Gasteiger partial charge on any atom is 0.339 e. The van der Waals surface area contributed by atoms with E-state index in [1.165, 1.54) is 19.2 Å². The predicted molar refractivity (Wildman–Crippen MR) is 96.1 cm³/mol. The molecule has 0 atom stereocenters. The number of hydrogen-bond donors (Lipinski definition) is 2. The van der Waals surface area contributed by atoms with Gasteiger partial charge in [-0.25, -0.2) is 4.79 Å². The van der Waals surface area contributed by atoms with Gasteiger partial charge in [0.15, 0.2) is 0 Å². The molecule has 0 bridgehead atoms. The molecule has 0 aliphatic rings. The van der Waals surface area contributed by atoms with Crippen LogP contribution in [0, 0.1) is 0 Å². The maximum atomic E-state index is 12.0. The van der Waals surface area contributed by atoms with Gasteiger partial charge in [0.2, 0.25) is 11.8 Å². The van der Waals surface area contributed by atoms with Crippen molar-refractivity contribution >= 4 is 52.4 Å². The van der Waals surface area contributed by atoms with Crippen molar-refractivity contribution in [1.82, 2.24) is 0 Å². The summed E-state index contributed by atoms with van der Waals surface area (Å²) in [7, 11) is 1.24. The Morgan fingerprint density at radius 1 is 0.920 bits per heavy atom. The monoisotopic (exact) mass is 380 g/mol. The summed E-state index contributed by atoms with van der Waals surface area (Å²) in [5.41, 5.74) is 0.756. The SMILES string of the molecule is COC(=O)c1ccccc1NC(=O)CC(=O)Nc1cccc(Cl)c1Cl. The van der Waals surface area contributed by atoms with E-state index in [-0.39, 0.29) is 21.3 Å². The number of benzene rings is 2. The quantitative estimate of drug-likeness (QED) is 0.610. The molecule has 2 aromatic carbocycles. The Morgan fingerprint density at radius 3 is 2.20 bits per heavy atom. The molecule has 2 amide bonds. The van der Waals surface area contributed by atoms with E-state index in [1.807, 2.05) is 0 Å². The van der Waals surface area contributed by atoms with E-state index in [0.29, 0.717) is 5.69 Å². The Kier molecular flexibility index (Phi) is 6.38. The minimum atomic E-state index is -0.592. The molecule has 0 fully saturated rings. The van der Waals surface area contributed by atoms with Crippen LogP contribution < -0.4 is 10.6 Å². The van der Waals surface area contributed by atoms with Crippen LogP contribution in [0.5, 0.6) is 0 Å². The summed E-state index contributed by atoms with van der Waals surface area (Å²) in [5, 5.41) is 5.49. The number of rotatable bonds is 5. The second-order valence-electron chi connectivity index (χ2n) is 4.91. The van der Waals surface area contributed by atoms with Crippen molar-refractivity contribution in [3.8, 4) is 0 Å². The zero-order valence-corrected chi connectivity index (χ0v) is 14.6. The number of anilines is 2. The van der Waals surface area contributed by atoms with Crippen LogP contribution in [0.2, 0.25) is 10.0 Å². The fraction of sp³-hybridized carbons (Fsp3) is 0.118. The number of esters is 1. The largest absolute Gasteiger partial charge is 0.465 e. The number of hydrogen-bond acceptors (Lipinski definition) is 4. The van der Waals surface area contributed by atoms with E-state index in [1.54, 1.807) is 30.3 Å². The number of carbonyl (C=O) groups is 3. The lowest BCUT2D eigenvalue weighted by Gasteiger charge is -2.10. The molecule has 0 aliphatic carbocycles. The summed E-state index contributed by atoms with van der Waals surface area (Å²) in [6.07, 6.45) is -0.460. The van der Waals surface area contributed by atoms with Crippen LogP contribution >= 0.6 is 23.2 Å². The summed E-state index contributed by atoms with van der Waals surface area (Å²) in [6, 6.07) is 11.1. The molecule has 0 heterocycles. The highest BCUT2D eigenvalue weighted by Crippen LogP contribution is 2.29. The molecule has 0 saturated carbocycles. The van der Waals surface area contributed by atoms with Crippen LogP contribution in [0.15, 0.2) is 42.5 Å².